The highest BCUT2D eigenvalue weighted by molar-refractivity contribution is 5.70. The minimum Gasteiger partial charge on any atom is -0.544 e. The van der Waals surface area contributed by atoms with Crippen molar-refractivity contribution < 1.29 is 38.2 Å². The molecule has 0 N–H and O–H groups in total. The van der Waals surface area contributed by atoms with E-state index in [-0.39, 0.29) is 42.7 Å². The number of nitrogens with zero attached hydrogens (tertiary/aromatic N) is 1. The van der Waals surface area contributed by atoms with E-state index in [1.54, 1.807) is 21.1 Å². The minimum absolute atomic E-state index is 0.0283. The summed E-state index contributed by atoms with van der Waals surface area (Å²) in [5.74, 6) is -1.78. The molecule has 51 heavy (non-hydrogen) atoms. The molecular formula is C43H73NO7. The van der Waals surface area contributed by atoms with Crippen LogP contribution >= 0.6 is 0 Å². The van der Waals surface area contributed by atoms with Gasteiger partial charge in [-0.1, -0.05) is 126 Å². The topological polar surface area (TPSA) is 102 Å². The van der Waals surface area contributed by atoms with E-state index in [1.807, 2.05) is 0 Å². The fraction of sp³-hybridized carbons (Fsp3) is 0.698. The zero-order valence-electron chi connectivity index (χ0n) is 33.0. The second-order valence-corrected chi connectivity index (χ2v) is 14.2. The predicted molar refractivity (Wildman–Crippen MR) is 208 cm³/mol. The molecule has 0 amide bonds. The standard InChI is InChI=1S/C43H73NO7/c1-6-8-10-12-14-16-18-20-21-22-24-25-27-29-31-33-41(45)50-38-39(37-49-36-35-40(43(47)48)44(3,4)5)51-42(46)34-32-30-28-26-23-19-17-15-13-11-9-7-2/h8-12,14-18,39-40H,6-7,13,19-38H2,1-5H3/b10-8+,11-9+,14-12+,17-15+,18-16+. The number of quaternary nitrogens is 1. The van der Waals surface area contributed by atoms with Crippen LogP contribution in [0.2, 0.25) is 0 Å². The molecule has 0 aliphatic rings. The summed E-state index contributed by atoms with van der Waals surface area (Å²) in [6, 6.07) is -0.731. The van der Waals surface area contributed by atoms with Crippen molar-refractivity contribution >= 4 is 17.9 Å². The number of rotatable bonds is 34. The zero-order chi connectivity index (χ0) is 37.8. The van der Waals surface area contributed by atoms with Crippen molar-refractivity contribution in [3.63, 3.8) is 0 Å². The van der Waals surface area contributed by atoms with Crippen molar-refractivity contribution in [2.24, 2.45) is 0 Å². The van der Waals surface area contributed by atoms with E-state index in [4.69, 9.17) is 14.2 Å². The molecule has 0 bridgehead atoms. The lowest BCUT2D eigenvalue weighted by Crippen LogP contribution is -2.55. The van der Waals surface area contributed by atoms with Gasteiger partial charge in [-0.15, -0.1) is 0 Å². The Bertz CT molecular complexity index is 1020. The summed E-state index contributed by atoms with van der Waals surface area (Å²) in [6.45, 7) is 4.37. The van der Waals surface area contributed by atoms with Crippen LogP contribution in [0.3, 0.4) is 0 Å². The van der Waals surface area contributed by atoms with Gasteiger partial charge in [0.05, 0.1) is 40.3 Å². The first-order chi connectivity index (χ1) is 24.6. The van der Waals surface area contributed by atoms with Crippen LogP contribution < -0.4 is 5.11 Å². The number of unbranched alkanes of at least 4 members (excludes halogenated alkanes) is 12. The van der Waals surface area contributed by atoms with Crippen LogP contribution in [0.25, 0.3) is 0 Å². The number of esters is 2. The summed E-state index contributed by atoms with van der Waals surface area (Å²) in [5.41, 5.74) is 0. The first-order valence-electron chi connectivity index (χ1n) is 19.8. The van der Waals surface area contributed by atoms with E-state index >= 15 is 0 Å². The van der Waals surface area contributed by atoms with E-state index in [9.17, 15) is 19.5 Å². The van der Waals surface area contributed by atoms with Gasteiger partial charge in [0.15, 0.2) is 6.10 Å². The normalized spacial score (nSPS) is 13.7. The van der Waals surface area contributed by atoms with Gasteiger partial charge in [-0.25, -0.2) is 0 Å². The van der Waals surface area contributed by atoms with Crippen LogP contribution in [0.1, 0.15) is 142 Å². The Morgan fingerprint density at radius 3 is 1.73 bits per heavy atom. The van der Waals surface area contributed by atoms with Gasteiger partial charge < -0.3 is 28.6 Å². The Kier molecular flexibility index (Phi) is 32.1. The fourth-order valence-electron chi connectivity index (χ4n) is 5.40. The number of carboxylic acid groups (broad SMARTS) is 1. The van der Waals surface area contributed by atoms with Gasteiger partial charge >= 0.3 is 11.9 Å². The van der Waals surface area contributed by atoms with Gasteiger partial charge in [0.25, 0.3) is 0 Å². The van der Waals surface area contributed by atoms with Crippen LogP contribution in [0.15, 0.2) is 60.8 Å². The maximum atomic E-state index is 12.6. The number of carboxylic acids is 1. The summed E-state index contributed by atoms with van der Waals surface area (Å²) in [6.07, 6.45) is 39.6. The molecule has 0 saturated heterocycles. The number of hydrogen-bond acceptors (Lipinski definition) is 7. The Labute approximate surface area is 311 Å². The SMILES string of the molecule is CC/C=C/C=C/C=C/CCCCCCCCCC(=O)OCC(COCCC(C(=O)[O-])[N+](C)(C)C)OC(=O)CCCCCCC/C=C/C/C=C/CC. The van der Waals surface area contributed by atoms with E-state index in [1.165, 1.54) is 19.3 Å². The lowest BCUT2D eigenvalue weighted by atomic mass is 10.1. The number of hydrogen-bond donors (Lipinski definition) is 0. The molecule has 0 radical (unpaired) electrons. The van der Waals surface area contributed by atoms with Crippen molar-refractivity contribution in [1.29, 1.82) is 0 Å². The van der Waals surface area contributed by atoms with Gasteiger partial charge in [0.1, 0.15) is 12.6 Å². The van der Waals surface area contributed by atoms with Crippen LogP contribution in [0.4, 0.5) is 0 Å². The zero-order valence-corrected chi connectivity index (χ0v) is 33.0. The van der Waals surface area contributed by atoms with Crippen molar-refractivity contribution in [3.8, 4) is 0 Å². The average Bonchev–Trinajstić information content (AvgIpc) is 3.08. The van der Waals surface area contributed by atoms with Crippen molar-refractivity contribution in [2.75, 3.05) is 41.0 Å². The molecule has 0 aromatic carbocycles. The van der Waals surface area contributed by atoms with Gasteiger partial charge in [-0.3, -0.25) is 9.59 Å². The molecule has 0 saturated carbocycles. The number of ether oxygens (including phenoxy) is 3. The first kappa shape index (κ1) is 48.0. The van der Waals surface area contributed by atoms with E-state index in [0.29, 0.717) is 12.8 Å². The maximum Gasteiger partial charge on any atom is 0.306 e. The van der Waals surface area contributed by atoms with Crippen molar-refractivity contribution in [3.05, 3.63) is 60.8 Å². The summed E-state index contributed by atoms with van der Waals surface area (Å²) >= 11 is 0. The highest BCUT2D eigenvalue weighted by atomic mass is 16.6. The number of likely N-dealkylation sites (N-methyl/N-ethyl adjacent to an activating group) is 1. The lowest BCUT2D eigenvalue weighted by molar-refractivity contribution is -0.889. The molecule has 2 atom stereocenters. The molecular weight excluding hydrogens is 642 g/mol. The molecule has 0 aromatic heterocycles. The van der Waals surface area contributed by atoms with E-state index in [2.05, 4.69) is 74.6 Å². The predicted octanol–water partition coefficient (Wildman–Crippen LogP) is 8.91. The largest absolute Gasteiger partial charge is 0.544 e. The molecule has 8 nitrogen and oxygen atoms in total. The number of aliphatic carboxylic acids is 1. The van der Waals surface area contributed by atoms with Gasteiger partial charge in [-0.2, -0.15) is 0 Å². The van der Waals surface area contributed by atoms with Crippen molar-refractivity contribution in [2.45, 2.75) is 154 Å². The minimum atomic E-state index is -1.13. The fourth-order valence-corrected chi connectivity index (χ4v) is 5.40. The Balaban J connectivity index is 4.43. The third-order valence-electron chi connectivity index (χ3n) is 8.46. The molecule has 8 heteroatoms. The average molecular weight is 716 g/mol. The second-order valence-electron chi connectivity index (χ2n) is 14.2. The quantitative estimate of drug-likeness (QED) is 0.0216. The molecule has 0 spiro atoms. The second kappa shape index (κ2) is 34.1. The molecule has 2 unspecified atom stereocenters. The van der Waals surface area contributed by atoms with Crippen LogP contribution in [0, 0.1) is 0 Å². The van der Waals surface area contributed by atoms with Crippen LogP contribution in [-0.2, 0) is 28.6 Å². The summed E-state index contributed by atoms with van der Waals surface area (Å²) < 4.78 is 17.1. The molecule has 292 valence electrons. The Hall–Kier alpha value is -2.97. The van der Waals surface area contributed by atoms with Crippen LogP contribution in [0.5, 0.6) is 0 Å². The lowest BCUT2D eigenvalue weighted by Gasteiger charge is -2.34. The van der Waals surface area contributed by atoms with E-state index < -0.39 is 18.1 Å². The molecule has 0 rings (SSSR count). The summed E-state index contributed by atoms with van der Waals surface area (Å²) in [4.78, 5) is 36.7. The molecule has 0 aliphatic heterocycles. The maximum absolute atomic E-state index is 12.6. The number of carbonyl (C=O) groups excluding carboxylic acids is 3. The smallest absolute Gasteiger partial charge is 0.306 e. The Morgan fingerprint density at radius 2 is 1.14 bits per heavy atom. The van der Waals surface area contributed by atoms with Gasteiger partial charge in [-0.05, 0) is 57.8 Å². The van der Waals surface area contributed by atoms with Gasteiger partial charge in [0, 0.05) is 19.3 Å². The highest BCUT2D eigenvalue weighted by Crippen LogP contribution is 2.13. The molecule has 0 heterocycles. The molecule has 0 aliphatic carbocycles. The highest BCUT2D eigenvalue weighted by Gasteiger charge is 2.25. The molecule has 0 aromatic rings. The summed E-state index contributed by atoms with van der Waals surface area (Å²) in [5, 5.41) is 11.6. The first-order valence-corrected chi connectivity index (χ1v) is 19.8. The third kappa shape index (κ3) is 32.7. The molecule has 0 fully saturated rings. The van der Waals surface area contributed by atoms with Crippen molar-refractivity contribution in [1.82, 2.24) is 0 Å². The van der Waals surface area contributed by atoms with E-state index in [0.717, 1.165) is 89.9 Å². The van der Waals surface area contributed by atoms with Crippen LogP contribution in [-0.4, -0.2) is 75.5 Å². The number of carbonyl (C=O) groups is 3. The third-order valence-corrected chi connectivity index (χ3v) is 8.46. The Morgan fingerprint density at radius 1 is 0.608 bits per heavy atom. The number of allylic oxidation sites excluding steroid dienone is 10. The monoisotopic (exact) mass is 716 g/mol. The summed E-state index contributed by atoms with van der Waals surface area (Å²) in [7, 11) is 5.38. The van der Waals surface area contributed by atoms with Gasteiger partial charge in [0.2, 0.25) is 0 Å².